The van der Waals surface area contributed by atoms with Gasteiger partial charge >= 0.3 is 17.9 Å². The molecule has 1 spiro atoms. The number of hydrogen-bond acceptors (Lipinski definition) is 10. The quantitative estimate of drug-likeness (QED) is 0.123. The van der Waals surface area contributed by atoms with Gasteiger partial charge in [0.05, 0.1) is 42.1 Å². The summed E-state index contributed by atoms with van der Waals surface area (Å²) in [6.07, 6.45) is 7.12. The van der Waals surface area contributed by atoms with Gasteiger partial charge in [0.2, 0.25) is 0 Å². The number of hydrogen-bond donors (Lipinski definition) is 0. The van der Waals surface area contributed by atoms with E-state index in [1.54, 1.807) is 72.8 Å². The van der Waals surface area contributed by atoms with Gasteiger partial charge in [0.25, 0.3) is 0 Å². The SMILES string of the molecule is C[C@@H]1CC[C@@]2(OC1)O[C@H]1C[C@H]3[C@@H]4CC=C5C[C@@H](O[C@@H]6OC[C@H](OC(=O)c7ccccc7)[C@H](OC(=O)c7ccccc7)[C@H]6OC(=O)c6ccccc6)CC[C@]5(C)[C@H]4CC[C@]3(C)[C@H]1[C@@H]2C. The molecular weight excluding hydrogens is 797 g/mol. The maximum absolute atomic E-state index is 13.8. The summed E-state index contributed by atoms with van der Waals surface area (Å²) in [5.41, 5.74) is 2.67. The van der Waals surface area contributed by atoms with E-state index in [2.05, 4.69) is 33.8 Å². The van der Waals surface area contributed by atoms with Gasteiger partial charge in [-0.1, -0.05) is 93.9 Å². The maximum Gasteiger partial charge on any atom is 0.338 e. The normalized spacial score (nSPS) is 40.3. The van der Waals surface area contributed by atoms with Crippen molar-refractivity contribution in [1.82, 2.24) is 0 Å². The average molecular weight is 859 g/mol. The fraction of sp³-hybridized carbons (Fsp3) is 0.566. The molecule has 3 heterocycles. The summed E-state index contributed by atoms with van der Waals surface area (Å²) in [5.74, 6) is 1.01. The molecule has 3 saturated carbocycles. The zero-order valence-electron chi connectivity index (χ0n) is 37.0. The fourth-order valence-electron chi connectivity index (χ4n) is 13.5. The third-order valence-corrected chi connectivity index (χ3v) is 16.8. The summed E-state index contributed by atoms with van der Waals surface area (Å²) in [6.45, 7) is 10.4. The van der Waals surface area contributed by atoms with E-state index in [9.17, 15) is 14.4 Å². The van der Waals surface area contributed by atoms with Crippen molar-refractivity contribution in [3.63, 3.8) is 0 Å². The van der Waals surface area contributed by atoms with Crippen LogP contribution >= 0.6 is 0 Å². The zero-order chi connectivity index (χ0) is 43.5. The number of esters is 3. The minimum absolute atomic E-state index is 0.0508. The highest BCUT2D eigenvalue weighted by Gasteiger charge is 2.68. The first-order valence-corrected chi connectivity index (χ1v) is 23.5. The topological polar surface area (TPSA) is 116 Å². The largest absolute Gasteiger partial charge is 0.452 e. The lowest BCUT2D eigenvalue weighted by atomic mass is 9.47. The molecule has 0 bridgehead atoms. The zero-order valence-corrected chi connectivity index (χ0v) is 37.0. The third-order valence-electron chi connectivity index (χ3n) is 16.8. The van der Waals surface area contributed by atoms with E-state index in [1.165, 1.54) is 24.8 Å². The van der Waals surface area contributed by atoms with Crippen LogP contribution in [0.2, 0.25) is 0 Å². The molecule has 0 radical (unpaired) electrons. The Balaban J connectivity index is 0.883. The molecule has 0 amide bonds. The van der Waals surface area contributed by atoms with Crippen molar-refractivity contribution in [2.24, 2.45) is 46.3 Å². The minimum Gasteiger partial charge on any atom is -0.452 e. The summed E-state index contributed by atoms with van der Waals surface area (Å²) < 4.78 is 45.3. The Morgan fingerprint density at radius 3 is 1.92 bits per heavy atom. The Hall–Kier alpha value is -4.35. The van der Waals surface area contributed by atoms with E-state index in [0.29, 0.717) is 52.2 Å². The molecular formula is C53H62O10. The van der Waals surface area contributed by atoms with E-state index < -0.39 is 48.3 Å². The molecule has 10 nitrogen and oxygen atoms in total. The highest BCUT2D eigenvalue weighted by Crippen LogP contribution is 2.70. The van der Waals surface area contributed by atoms with Crippen LogP contribution in [0.25, 0.3) is 0 Å². The minimum atomic E-state index is -1.25. The molecule has 6 fully saturated rings. The summed E-state index contributed by atoms with van der Waals surface area (Å²) >= 11 is 0. The molecule has 3 aromatic carbocycles. The maximum atomic E-state index is 13.8. The Kier molecular flexibility index (Phi) is 11.4. The molecule has 0 aromatic heterocycles. The van der Waals surface area contributed by atoms with E-state index in [-0.39, 0.29) is 29.6 Å². The first-order chi connectivity index (χ1) is 30.5. The summed E-state index contributed by atoms with van der Waals surface area (Å²) in [6, 6.07) is 25.8. The second-order valence-corrected chi connectivity index (χ2v) is 20.3. The van der Waals surface area contributed by atoms with Crippen molar-refractivity contribution < 1.29 is 47.5 Å². The number of carbonyl (C=O) groups excluding carboxylic acids is 3. The van der Waals surface area contributed by atoms with Crippen LogP contribution < -0.4 is 0 Å². The molecule has 3 aliphatic heterocycles. The molecule has 7 aliphatic rings. The van der Waals surface area contributed by atoms with Crippen LogP contribution in [0.15, 0.2) is 103 Å². The van der Waals surface area contributed by atoms with Gasteiger partial charge in [-0.25, -0.2) is 14.4 Å². The van der Waals surface area contributed by atoms with E-state index in [1.807, 2.05) is 18.2 Å². The van der Waals surface area contributed by atoms with Gasteiger partial charge in [0.15, 0.2) is 30.4 Å². The standard InChI is InChI=1S/C53H62O10/c1-32-22-27-53(58-30-32)33(2)44-42(63-53)29-41-39-21-20-37-28-38(23-25-51(37,3)40(39)24-26-52(41,44)4)59-50-46(62-49(56)36-18-12-7-13-19-36)45(61-48(55)35-16-10-6-11-17-35)43(31-57-50)60-47(54)34-14-8-5-9-15-34/h5-20,32-33,38-46,50H,21-31H2,1-4H3/t32-,33+,38+,39-,40+,41+,42+,43+,44+,45+,46-,50+,51+,52+,53-/m1/s1. The molecule has 63 heavy (non-hydrogen) atoms. The van der Waals surface area contributed by atoms with Gasteiger partial charge in [-0.2, -0.15) is 0 Å². The van der Waals surface area contributed by atoms with Crippen LogP contribution in [0, 0.1) is 46.3 Å². The van der Waals surface area contributed by atoms with E-state index in [4.69, 9.17) is 33.2 Å². The predicted molar refractivity (Wildman–Crippen MR) is 233 cm³/mol. The highest BCUT2D eigenvalue weighted by atomic mass is 16.7. The predicted octanol–water partition coefficient (Wildman–Crippen LogP) is 9.77. The van der Waals surface area contributed by atoms with E-state index >= 15 is 0 Å². The van der Waals surface area contributed by atoms with Gasteiger partial charge in [0, 0.05) is 12.3 Å². The molecule has 10 rings (SSSR count). The number of rotatable bonds is 8. The number of ether oxygens (including phenoxy) is 7. The van der Waals surface area contributed by atoms with Crippen LogP contribution in [0.1, 0.15) is 117 Å². The van der Waals surface area contributed by atoms with Crippen molar-refractivity contribution in [3.05, 3.63) is 119 Å². The van der Waals surface area contributed by atoms with Crippen molar-refractivity contribution in [2.45, 2.75) is 128 Å². The molecule has 0 unspecified atom stereocenters. The Bertz CT molecular complexity index is 2170. The summed E-state index contributed by atoms with van der Waals surface area (Å²) in [5, 5.41) is 0. The van der Waals surface area contributed by atoms with Crippen molar-refractivity contribution in [2.75, 3.05) is 13.2 Å². The molecule has 334 valence electrons. The molecule has 3 saturated heterocycles. The van der Waals surface area contributed by atoms with Crippen molar-refractivity contribution >= 4 is 17.9 Å². The molecule has 4 aliphatic carbocycles. The van der Waals surface area contributed by atoms with Gasteiger partial charge in [-0.05, 0) is 128 Å². The molecule has 15 atom stereocenters. The number of fused-ring (bicyclic) bond motifs is 7. The number of benzene rings is 3. The van der Waals surface area contributed by atoms with Crippen LogP contribution in [-0.2, 0) is 33.2 Å². The Morgan fingerprint density at radius 1 is 0.683 bits per heavy atom. The Morgan fingerprint density at radius 2 is 1.30 bits per heavy atom. The molecule has 3 aromatic rings. The van der Waals surface area contributed by atoms with Crippen molar-refractivity contribution in [3.8, 4) is 0 Å². The fourth-order valence-corrected chi connectivity index (χ4v) is 13.5. The van der Waals surface area contributed by atoms with Crippen molar-refractivity contribution in [1.29, 1.82) is 0 Å². The Labute approximate surface area is 371 Å². The van der Waals surface area contributed by atoms with Gasteiger partial charge in [0.1, 0.15) is 0 Å². The van der Waals surface area contributed by atoms with Crippen LogP contribution in [0.3, 0.4) is 0 Å². The lowest BCUT2D eigenvalue weighted by molar-refractivity contribution is -0.283. The highest BCUT2D eigenvalue weighted by molar-refractivity contribution is 5.91. The van der Waals surface area contributed by atoms with Gasteiger partial charge < -0.3 is 33.2 Å². The smallest absolute Gasteiger partial charge is 0.338 e. The summed E-state index contributed by atoms with van der Waals surface area (Å²) in [7, 11) is 0. The number of carbonyl (C=O) groups is 3. The average Bonchev–Trinajstić information content (AvgIpc) is 3.75. The lowest BCUT2D eigenvalue weighted by Crippen LogP contribution is -2.59. The lowest BCUT2D eigenvalue weighted by Gasteiger charge is -2.58. The third kappa shape index (κ3) is 7.66. The monoisotopic (exact) mass is 858 g/mol. The first kappa shape index (κ1) is 42.6. The second-order valence-electron chi connectivity index (χ2n) is 20.3. The van der Waals surface area contributed by atoms with Gasteiger partial charge in [-0.3, -0.25) is 0 Å². The molecule has 0 N–H and O–H groups in total. The van der Waals surface area contributed by atoms with Crippen LogP contribution in [0.5, 0.6) is 0 Å². The number of allylic oxidation sites excluding steroid dienone is 1. The first-order valence-electron chi connectivity index (χ1n) is 23.5. The van der Waals surface area contributed by atoms with Gasteiger partial charge in [-0.15, -0.1) is 0 Å². The second kappa shape index (κ2) is 16.9. The van der Waals surface area contributed by atoms with Crippen LogP contribution in [0.4, 0.5) is 0 Å². The van der Waals surface area contributed by atoms with Crippen LogP contribution in [-0.4, -0.2) is 73.7 Å². The summed E-state index contributed by atoms with van der Waals surface area (Å²) in [4.78, 5) is 41.1. The van der Waals surface area contributed by atoms with E-state index in [0.717, 1.165) is 45.1 Å². The molecule has 10 heteroatoms.